The highest BCUT2D eigenvalue weighted by molar-refractivity contribution is 7.99. The second kappa shape index (κ2) is 7.33. The topological polar surface area (TPSA) is 96.7 Å². The lowest BCUT2D eigenvalue weighted by Gasteiger charge is -2.27. The molecule has 0 aliphatic rings. The summed E-state index contributed by atoms with van der Waals surface area (Å²) in [7, 11) is 0. The van der Waals surface area contributed by atoms with Gasteiger partial charge in [0.1, 0.15) is 17.6 Å². The summed E-state index contributed by atoms with van der Waals surface area (Å²) in [6, 6.07) is 5.83. The van der Waals surface area contributed by atoms with Crippen LogP contribution in [0.1, 0.15) is 26.5 Å². The number of carbonyl (C=O) groups excluding carboxylic acids is 1. The lowest BCUT2D eigenvalue weighted by atomic mass is 9.90. The summed E-state index contributed by atoms with van der Waals surface area (Å²) < 4.78 is 7.10. The fraction of sp³-hybridized carbons (Fsp3) is 0.467. The second-order valence-corrected chi connectivity index (χ2v) is 6.57. The zero-order valence-electron chi connectivity index (χ0n) is 13.3. The van der Waals surface area contributed by atoms with Crippen molar-refractivity contribution in [3.63, 3.8) is 0 Å². The van der Waals surface area contributed by atoms with Gasteiger partial charge in [0, 0.05) is 0 Å². The van der Waals surface area contributed by atoms with Crippen molar-refractivity contribution in [3.05, 3.63) is 30.5 Å². The number of nitrogens with one attached hydrogen (secondary N) is 1. The Kier molecular flexibility index (Phi) is 5.45. The number of hydrogen-bond acceptors (Lipinski definition) is 6. The summed E-state index contributed by atoms with van der Waals surface area (Å²) in [6.07, 6.45) is 3.20. The molecule has 122 valence electrons. The van der Waals surface area contributed by atoms with Crippen molar-refractivity contribution in [2.24, 2.45) is 5.92 Å². The van der Waals surface area contributed by atoms with E-state index in [1.54, 1.807) is 19.5 Å². The van der Waals surface area contributed by atoms with Crippen molar-refractivity contribution in [1.82, 2.24) is 20.1 Å². The van der Waals surface area contributed by atoms with Gasteiger partial charge in [0.05, 0.1) is 24.6 Å². The molecular weight excluding hydrogens is 314 g/mol. The number of furan rings is 1. The molecule has 0 saturated heterocycles. The van der Waals surface area contributed by atoms with Crippen LogP contribution in [0.25, 0.3) is 0 Å². The van der Waals surface area contributed by atoms with E-state index in [0.29, 0.717) is 11.7 Å². The van der Waals surface area contributed by atoms with Gasteiger partial charge in [0.15, 0.2) is 5.16 Å². The molecule has 1 amide bonds. The molecule has 2 aromatic rings. The van der Waals surface area contributed by atoms with Crippen LogP contribution in [0.15, 0.2) is 34.3 Å². The first kappa shape index (κ1) is 17.1. The van der Waals surface area contributed by atoms with Gasteiger partial charge in [0.25, 0.3) is 0 Å². The van der Waals surface area contributed by atoms with Crippen molar-refractivity contribution < 1.29 is 9.21 Å². The maximum atomic E-state index is 12.1. The lowest BCUT2D eigenvalue weighted by Crippen LogP contribution is -2.49. The maximum absolute atomic E-state index is 12.1. The van der Waals surface area contributed by atoms with E-state index in [2.05, 4.69) is 21.6 Å². The quantitative estimate of drug-likeness (QED) is 0.779. The van der Waals surface area contributed by atoms with Gasteiger partial charge in [0.2, 0.25) is 5.91 Å². The molecule has 0 fully saturated rings. The van der Waals surface area contributed by atoms with Crippen molar-refractivity contribution in [2.45, 2.75) is 38.0 Å². The van der Waals surface area contributed by atoms with E-state index < -0.39 is 5.54 Å². The van der Waals surface area contributed by atoms with Gasteiger partial charge in [-0.3, -0.25) is 4.79 Å². The minimum Gasteiger partial charge on any atom is -0.467 e. The Balaban J connectivity index is 1.93. The van der Waals surface area contributed by atoms with E-state index in [1.807, 2.05) is 30.5 Å². The smallest absolute Gasteiger partial charge is 0.231 e. The molecule has 0 bridgehead atoms. The zero-order chi connectivity index (χ0) is 16.9. The standard InChI is InChI=1S/C15H19N5O2S/c1-11(2)15(3,9-16)18-13(21)8-23-14-19-17-10-20(14)7-12-5-4-6-22-12/h4-6,10-11H,7-8H2,1-3H3,(H,18,21). The van der Waals surface area contributed by atoms with Crippen LogP contribution in [0.2, 0.25) is 0 Å². The van der Waals surface area contributed by atoms with Crippen LogP contribution in [0.5, 0.6) is 0 Å². The summed E-state index contributed by atoms with van der Waals surface area (Å²) in [4.78, 5) is 12.1. The van der Waals surface area contributed by atoms with E-state index in [1.165, 1.54) is 11.8 Å². The molecule has 0 radical (unpaired) electrons. The van der Waals surface area contributed by atoms with Crippen molar-refractivity contribution in [2.75, 3.05) is 5.75 Å². The number of aromatic nitrogens is 3. The Labute approximate surface area is 139 Å². The summed E-state index contributed by atoms with van der Waals surface area (Å²) >= 11 is 1.27. The van der Waals surface area contributed by atoms with E-state index in [9.17, 15) is 10.1 Å². The first-order valence-electron chi connectivity index (χ1n) is 7.20. The molecule has 2 heterocycles. The molecule has 2 rings (SSSR count). The highest BCUT2D eigenvalue weighted by atomic mass is 32.2. The van der Waals surface area contributed by atoms with Gasteiger partial charge in [-0.2, -0.15) is 5.26 Å². The predicted octanol–water partition coefficient (Wildman–Crippen LogP) is 2.07. The lowest BCUT2D eigenvalue weighted by molar-refractivity contribution is -0.120. The zero-order valence-corrected chi connectivity index (χ0v) is 14.1. The third kappa shape index (κ3) is 4.36. The highest BCUT2D eigenvalue weighted by Crippen LogP contribution is 2.18. The fourth-order valence-corrected chi connectivity index (χ4v) is 2.51. The largest absolute Gasteiger partial charge is 0.467 e. The van der Waals surface area contributed by atoms with Gasteiger partial charge < -0.3 is 14.3 Å². The van der Waals surface area contributed by atoms with Crippen LogP contribution in [0, 0.1) is 17.2 Å². The van der Waals surface area contributed by atoms with Crippen molar-refractivity contribution >= 4 is 17.7 Å². The molecular formula is C15H19N5O2S. The molecule has 8 heteroatoms. The normalized spacial score (nSPS) is 13.5. The van der Waals surface area contributed by atoms with E-state index in [0.717, 1.165) is 5.76 Å². The minimum atomic E-state index is -0.876. The second-order valence-electron chi connectivity index (χ2n) is 5.63. The monoisotopic (exact) mass is 333 g/mol. The summed E-state index contributed by atoms with van der Waals surface area (Å²) in [6.45, 7) is 6.03. The number of hydrogen-bond donors (Lipinski definition) is 1. The molecule has 7 nitrogen and oxygen atoms in total. The Bertz CT molecular complexity index is 689. The van der Waals surface area contributed by atoms with Crippen molar-refractivity contribution in [3.8, 4) is 6.07 Å². The Morgan fingerprint density at radius 1 is 1.61 bits per heavy atom. The van der Waals surface area contributed by atoms with Crippen LogP contribution in [0.4, 0.5) is 0 Å². The summed E-state index contributed by atoms with van der Waals surface area (Å²) in [5.74, 6) is 0.762. The molecule has 0 spiro atoms. The third-order valence-electron chi connectivity index (χ3n) is 3.60. The maximum Gasteiger partial charge on any atom is 0.231 e. The minimum absolute atomic E-state index is 0.0176. The van der Waals surface area contributed by atoms with Gasteiger partial charge >= 0.3 is 0 Å². The molecule has 0 aliphatic carbocycles. The average Bonchev–Trinajstić information content (AvgIpc) is 3.17. The molecule has 1 N–H and O–H groups in total. The molecule has 2 aromatic heterocycles. The molecule has 23 heavy (non-hydrogen) atoms. The van der Waals surface area contributed by atoms with Crippen LogP contribution < -0.4 is 5.32 Å². The number of rotatable bonds is 7. The first-order valence-corrected chi connectivity index (χ1v) is 8.18. The third-order valence-corrected chi connectivity index (χ3v) is 4.59. The highest BCUT2D eigenvalue weighted by Gasteiger charge is 2.29. The molecule has 0 aliphatic heterocycles. The van der Waals surface area contributed by atoms with Crippen LogP contribution in [-0.2, 0) is 11.3 Å². The average molecular weight is 333 g/mol. The van der Waals surface area contributed by atoms with E-state index in [4.69, 9.17) is 4.42 Å². The summed E-state index contributed by atoms with van der Waals surface area (Å²) in [5.41, 5.74) is -0.876. The van der Waals surface area contributed by atoms with Crippen LogP contribution >= 0.6 is 11.8 Å². The number of nitrogens with zero attached hydrogens (tertiary/aromatic N) is 4. The number of thioether (sulfide) groups is 1. The Hall–Kier alpha value is -2.27. The van der Waals surface area contributed by atoms with E-state index in [-0.39, 0.29) is 17.6 Å². The van der Waals surface area contributed by atoms with Crippen molar-refractivity contribution in [1.29, 1.82) is 5.26 Å². The Morgan fingerprint density at radius 3 is 3.00 bits per heavy atom. The summed E-state index contributed by atoms with van der Waals surface area (Å²) in [5, 5.41) is 20.5. The number of amides is 1. The number of carbonyl (C=O) groups is 1. The first-order chi connectivity index (χ1) is 10.9. The van der Waals surface area contributed by atoms with Gasteiger partial charge in [-0.15, -0.1) is 10.2 Å². The van der Waals surface area contributed by atoms with Gasteiger partial charge in [-0.25, -0.2) is 0 Å². The SMILES string of the molecule is CC(C)C(C)(C#N)NC(=O)CSc1nncn1Cc1ccco1. The van der Waals surface area contributed by atoms with Crippen LogP contribution in [-0.4, -0.2) is 32.0 Å². The van der Waals surface area contributed by atoms with E-state index >= 15 is 0 Å². The van der Waals surface area contributed by atoms with Gasteiger partial charge in [-0.05, 0) is 25.0 Å². The molecule has 1 unspecified atom stereocenters. The van der Waals surface area contributed by atoms with Crippen LogP contribution in [0.3, 0.4) is 0 Å². The molecule has 0 aromatic carbocycles. The fourth-order valence-electron chi connectivity index (χ4n) is 1.79. The Morgan fingerprint density at radius 2 is 2.39 bits per heavy atom. The molecule has 1 atom stereocenters. The predicted molar refractivity (Wildman–Crippen MR) is 85.6 cm³/mol. The molecule has 0 saturated carbocycles. The number of nitriles is 1. The van der Waals surface area contributed by atoms with Gasteiger partial charge in [-0.1, -0.05) is 25.6 Å².